The molecule has 0 saturated carbocycles. The van der Waals surface area contributed by atoms with Crippen LogP contribution in [0.1, 0.15) is 28.5 Å². The van der Waals surface area contributed by atoms with Crippen LogP contribution in [-0.4, -0.2) is 23.8 Å². The van der Waals surface area contributed by atoms with Crippen molar-refractivity contribution in [3.05, 3.63) is 71.4 Å². The Kier molecular flexibility index (Phi) is 5.27. The molecule has 0 aliphatic carbocycles. The number of Topliss-reactive ketones (excluding diaryl/α,β-unsaturated/α-hetero) is 1. The first kappa shape index (κ1) is 17.6. The minimum absolute atomic E-state index is 0.114. The summed E-state index contributed by atoms with van der Waals surface area (Å²) in [6.07, 6.45) is 0.114. The van der Waals surface area contributed by atoms with Crippen molar-refractivity contribution in [3.63, 3.8) is 0 Å². The molecule has 0 amide bonds. The Hall–Kier alpha value is -3.21. The van der Waals surface area contributed by atoms with Crippen LogP contribution in [0.25, 0.3) is 10.9 Å². The normalized spacial score (nSPS) is 10.5. The minimum atomic E-state index is -0.353. The molecule has 0 aliphatic rings. The van der Waals surface area contributed by atoms with Crippen LogP contribution < -0.4 is 4.74 Å². The second kappa shape index (κ2) is 7.78. The molecule has 0 bridgehead atoms. The van der Waals surface area contributed by atoms with Crippen molar-refractivity contribution in [2.24, 2.45) is 0 Å². The van der Waals surface area contributed by atoms with Gasteiger partial charge in [-0.3, -0.25) is 9.59 Å². The van der Waals surface area contributed by atoms with Crippen LogP contribution in [0.3, 0.4) is 0 Å². The predicted molar refractivity (Wildman–Crippen MR) is 98.2 cm³/mol. The van der Waals surface area contributed by atoms with Crippen LogP contribution in [-0.2, 0) is 22.6 Å². The lowest BCUT2D eigenvalue weighted by molar-refractivity contribution is -0.139. The Morgan fingerprint density at radius 3 is 2.62 bits per heavy atom. The van der Waals surface area contributed by atoms with E-state index >= 15 is 0 Å². The number of esters is 1. The number of carbonyl (C=O) groups excluding carboxylic acids is 2. The fourth-order valence-corrected chi connectivity index (χ4v) is 2.67. The fourth-order valence-electron chi connectivity index (χ4n) is 2.67. The van der Waals surface area contributed by atoms with Gasteiger partial charge in [-0.2, -0.15) is 0 Å². The summed E-state index contributed by atoms with van der Waals surface area (Å²) < 4.78 is 10.5. The Morgan fingerprint density at radius 2 is 1.85 bits per heavy atom. The average molecular weight is 349 g/mol. The number of hydrogen-bond donors (Lipinski definition) is 0. The highest BCUT2D eigenvalue weighted by atomic mass is 16.5. The summed E-state index contributed by atoms with van der Waals surface area (Å²) in [5.74, 6) is -0.00667. The quantitative estimate of drug-likeness (QED) is 0.501. The average Bonchev–Trinajstić information content (AvgIpc) is 2.66. The molecule has 3 aromatic rings. The third-order valence-electron chi connectivity index (χ3n) is 4.03. The van der Waals surface area contributed by atoms with Gasteiger partial charge in [-0.15, -0.1) is 0 Å². The Bertz CT molecular complexity index is 965. The summed E-state index contributed by atoms with van der Waals surface area (Å²) in [7, 11) is 1.34. The topological polar surface area (TPSA) is 65.5 Å². The molecule has 2 aromatic carbocycles. The molecule has 1 heterocycles. The number of ether oxygens (including phenoxy) is 2. The summed E-state index contributed by atoms with van der Waals surface area (Å²) in [4.78, 5) is 27.9. The third kappa shape index (κ3) is 4.06. The van der Waals surface area contributed by atoms with E-state index in [2.05, 4.69) is 9.72 Å². The van der Waals surface area contributed by atoms with Gasteiger partial charge in [0.15, 0.2) is 5.78 Å². The number of para-hydroxylation sites is 1. The summed E-state index contributed by atoms with van der Waals surface area (Å²) in [5.41, 5.74) is 2.82. The molecule has 0 spiro atoms. The highest BCUT2D eigenvalue weighted by molar-refractivity contribution is 5.97. The summed E-state index contributed by atoms with van der Waals surface area (Å²) in [6, 6.07) is 16.9. The molecule has 0 aliphatic heterocycles. The number of nitrogens with zero attached hydrogens (tertiary/aromatic N) is 1. The Morgan fingerprint density at radius 1 is 1.04 bits per heavy atom. The summed E-state index contributed by atoms with van der Waals surface area (Å²) in [5, 5.41) is 1.06. The van der Waals surface area contributed by atoms with Gasteiger partial charge < -0.3 is 9.47 Å². The highest BCUT2D eigenvalue weighted by Crippen LogP contribution is 2.23. The standard InChI is InChI=1S/C21H19NO4/c1-14(23)18-11-15(12-21(24)25-2)7-10-20(18)26-13-17-9-8-16-5-3-4-6-19(16)22-17/h3-11H,12-13H2,1-2H3. The number of pyridine rings is 1. The van der Waals surface area contributed by atoms with Crippen molar-refractivity contribution < 1.29 is 19.1 Å². The van der Waals surface area contributed by atoms with E-state index in [0.717, 1.165) is 16.6 Å². The molecule has 5 nitrogen and oxygen atoms in total. The molecule has 26 heavy (non-hydrogen) atoms. The first-order chi connectivity index (χ1) is 12.6. The number of ketones is 1. The number of fused-ring (bicyclic) bond motifs is 1. The maximum atomic E-state index is 11.9. The molecule has 0 unspecified atom stereocenters. The van der Waals surface area contributed by atoms with Crippen molar-refractivity contribution in [2.75, 3.05) is 7.11 Å². The van der Waals surface area contributed by atoms with Gasteiger partial charge in [0.25, 0.3) is 0 Å². The monoisotopic (exact) mass is 349 g/mol. The SMILES string of the molecule is COC(=O)Cc1ccc(OCc2ccc3ccccc3n2)c(C(C)=O)c1. The molecule has 0 radical (unpaired) electrons. The number of rotatable bonds is 6. The highest BCUT2D eigenvalue weighted by Gasteiger charge is 2.12. The predicted octanol–water partition coefficient (Wildman–Crippen LogP) is 3.73. The first-order valence-corrected chi connectivity index (χ1v) is 8.25. The summed E-state index contributed by atoms with van der Waals surface area (Å²) >= 11 is 0. The van der Waals surface area contributed by atoms with E-state index in [1.807, 2.05) is 36.4 Å². The molecular formula is C21H19NO4. The fraction of sp³-hybridized carbons (Fsp3) is 0.190. The van der Waals surface area contributed by atoms with Crippen LogP contribution >= 0.6 is 0 Å². The Labute approximate surface area is 151 Å². The molecule has 132 valence electrons. The van der Waals surface area contributed by atoms with Crippen LogP contribution in [0.5, 0.6) is 5.75 Å². The van der Waals surface area contributed by atoms with E-state index in [4.69, 9.17) is 4.74 Å². The van der Waals surface area contributed by atoms with Crippen molar-refractivity contribution >= 4 is 22.7 Å². The second-order valence-corrected chi connectivity index (χ2v) is 5.92. The molecule has 1 aromatic heterocycles. The van der Waals surface area contributed by atoms with Gasteiger partial charge in [-0.1, -0.05) is 30.3 Å². The van der Waals surface area contributed by atoms with Crippen LogP contribution in [0, 0.1) is 0 Å². The van der Waals surface area contributed by atoms with Crippen molar-refractivity contribution in [1.29, 1.82) is 0 Å². The van der Waals surface area contributed by atoms with Gasteiger partial charge >= 0.3 is 5.97 Å². The molecule has 0 saturated heterocycles. The molecule has 5 heteroatoms. The maximum absolute atomic E-state index is 11.9. The van der Waals surface area contributed by atoms with Crippen molar-refractivity contribution in [2.45, 2.75) is 20.0 Å². The number of benzene rings is 2. The van der Waals surface area contributed by atoms with E-state index in [0.29, 0.717) is 16.9 Å². The zero-order chi connectivity index (χ0) is 18.5. The smallest absolute Gasteiger partial charge is 0.309 e. The second-order valence-electron chi connectivity index (χ2n) is 5.92. The van der Waals surface area contributed by atoms with Gasteiger partial charge in [-0.25, -0.2) is 4.98 Å². The first-order valence-electron chi connectivity index (χ1n) is 8.25. The molecule has 0 N–H and O–H groups in total. The number of carbonyl (C=O) groups is 2. The van der Waals surface area contributed by atoms with Crippen LogP contribution in [0.4, 0.5) is 0 Å². The van der Waals surface area contributed by atoms with E-state index < -0.39 is 0 Å². The van der Waals surface area contributed by atoms with Gasteiger partial charge in [0.05, 0.1) is 30.3 Å². The lowest BCUT2D eigenvalue weighted by Gasteiger charge is -2.11. The lowest BCUT2D eigenvalue weighted by Crippen LogP contribution is -2.07. The van der Waals surface area contributed by atoms with Gasteiger partial charge in [0.1, 0.15) is 12.4 Å². The summed E-state index contributed by atoms with van der Waals surface area (Å²) in [6.45, 7) is 1.72. The van der Waals surface area contributed by atoms with Gasteiger partial charge in [-0.05, 0) is 36.8 Å². The van der Waals surface area contributed by atoms with E-state index in [1.54, 1.807) is 18.2 Å². The van der Waals surface area contributed by atoms with Gasteiger partial charge in [0.2, 0.25) is 0 Å². The third-order valence-corrected chi connectivity index (χ3v) is 4.03. The molecule has 3 rings (SSSR count). The minimum Gasteiger partial charge on any atom is -0.487 e. The largest absolute Gasteiger partial charge is 0.487 e. The van der Waals surface area contributed by atoms with Crippen LogP contribution in [0.2, 0.25) is 0 Å². The molecule has 0 atom stereocenters. The van der Waals surface area contributed by atoms with E-state index in [9.17, 15) is 9.59 Å². The lowest BCUT2D eigenvalue weighted by atomic mass is 10.0. The zero-order valence-electron chi connectivity index (χ0n) is 14.7. The number of hydrogen-bond acceptors (Lipinski definition) is 5. The molecular weight excluding hydrogens is 330 g/mol. The zero-order valence-corrected chi connectivity index (χ0v) is 14.7. The van der Waals surface area contributed by atoms with E-state index in [-0.39, 0.29) is 24.8 Å². The van der Waals surface area contributed by atoms with Crippen LogP contribution in [0.15, 0.2) is 54.6 Å². The Balaban J connectivity index is 1.79. The number of methoxy groups -OCH3 is 1. The van der Waals surface area contributed by atoms with Crippen molar-refractivity contribution in [3.8, 4) is 5.75 Å². The van der Waals surface area contributed by atoms with Gasteiger partial charge in [0, 0.05) is 5.39 Å². The number of aromatic nitrogens is 1. The van der Waals surface area contributed by atoms with E-state index in [1.165, 1.54) is 14.0 Å². The van der Waals surface area contributed by atoms with Crippen molar-refractivity contribution in [1.82, 2.24) is 4.98 Å². The maximum Gasteiger partial charge on any atom is 0.309 e. The molecule has 0 fully saturated rings.